The first-order chi connectivity index (χ1) is 13.6. The van der Waals surface area contributed by atoms with E-state index in [2.05, 4.69) is 48.7 Å². The third-order valence-electron chi connectivity index (χ3n) is 5.94. The molecule has 10 nitrogen and oxygen atoms in total. The summed E-state index contributed by atoms with van der Waals surface area (Å²) in [5.41, 5.74) is 0. The number of likely N-dealkylation sites (tertiary alicyclic amines) is 1. The van der Waals surface area contributed by atoms with Crippen LogP contribution in [0.25, 0.3) is 0 Å². The Kier molecular flexibility index (Phi) is 5.67. The highest BCUT2D eigenvalue weighted by Gasteiger charge is 2.28. The van der Waals surface area contributed by atoms with Gasteiger partial charge in [-0.15, -0.1) is 10.2 Å². The van der Waals surface area contributed by atoms with Gasteiger partial charge >= 0.3 is 0 Å². The van der Waals surface area contributed by atoms with Gasteiger partial charge in [0, 0.05) is 52.2 Å². The summed E-state index contributed by atoms with van der Waals surface area (Å²) in [7, 11) is 4.24. The smallest absolute Gasteiger partial charge is 0.244 e. The molecule has 1 amide bonds. The lowest BCUT2D eigenvalue weighted by Crippen LogP contribution is -2.44. The van der Waals surface area contributed by atoms with E-state index in [9.17, 15) is 4.79 Å². The Morgan fingerprint density at radius 3 is 2.50 bits per heavy atom. The highest BCUT2D eigenvalue weighted by molar-refractivity contribution is 5.75. The zero-order valence-electron chi connectivity index (χ0n) is 16.7. The van der Waals surface area contributed by atoms with Crippen LogP contribution in [0.3, 0.4) is 0 Å². The van der Waals surface area contributed by atoms with Crippen LogP contribution in [0.5, 0.6) is 0 Å². The minimum absolute atomic E-state index is 0.0951. The van der Waals surface area contributed by atoms with Gasteiger partial charge < -0.3 is 14.4 Å². The van der Waals surface area contributed by atoms with Crippen molar-refractivity contribution >= 4 is 5.91 Å². The Morgan fingerprint density at radius 2 is 1.82 bits per heavy atom. The van der Waals surface area contributed by atoms with Gasteiger partial charge in [0.25, 0.3) is 0 Å². The number of rotatable bonds is 5. The van der Waals surface area contributed by atoms with Crippen molar-refractivity contribution in [1.82, 2.24) is 44.2 Å². The van der Waals surface area contributed by atoms with Crippen molar-refractivity contribution in [2.45, 2.75) is 31.8 Å². The van der Waals surface area contributed by atoms with Crippen molar-refractivity contribution in [2.75, 3.05) is 46.3 Å². The van der Waals surface area contributed by atoms with Crippen LogP contribution in [0.4, 0.5) is 0 Å². The molecular weight excluding hydrogens is 358 g/mol. The Bertz CT molecular complexity index is 771. The zero-order chi connectivity index (χ0) is 19.5. The van der Waals surface area contributed by atoms with Crippen molar-refractivity contribution < 1.29 is 4.79 Å². The van der Waals surface area contributed by atoms with Crippen molar-refractivity contribution in [3.63, 3.8) is 0 Å². The maximum Gasteiger partial charge on any atom is 0.244 e. The Hall–Kier alpha value is -2.33. The molecule has 10 heteroatoms. The number of carbonyl (C=O) groups excluding carboxylic acids is 1. The molecule has 2 aliphatic heterocycles. The van der Waals surface area contributed by atoms with Gasteiger partial charge in [-0.2, -0.15) is 5.10 Å². The lowest BCUT2D eigenvalue weighted by atomic mass is 9.96. The van der Waals surface area contributed by atoms with E-state index < -0.39 is 0 Å². The first-order valence-electron chi connectivity index (χ1n) is 9.99. The van der Waals surface area contributed by atoms with Crippen LogP contribution in [0.2, 0.25) is 0 Å². The summed E-state index contributed by atoms with van der Waals surface area (Å²) in [6.07, 6.45) is 4.87. The summed E-state index contributed by atoms with van der Waals surface area (Å²) < 4.78 is 3.73. The van der Waals surface area contributed by atoms with Crippen LogP contribution in [-0.4, -0.2) is 96.5 Å². The molecule has 4 rings (SSSR count). The molecule has 0 atom stereocenters. The number of hydrogen-bond donors (Lipinski definition) is 0. The Labute approximate surface area is 165 Å². The molecule has 2 fully saturated rings. The quantitative estimate of drug-likeness (QED) is 0.687. The van der Waals surface area contributed by atoms with Crippen LogP contribution in [0.1, 0.15) is 30.4 Å². The van der Waals surface area contributed by atoms with Gasteiger partial charge in [0.05, 0.1) is 6.54 Å². The van der Waals surface area contributed by atoms with Gasteiger partial charge in [0.15, 0.2) is 0 Å². The van der Waals surface area contributed by atoms with Crippen molar-refractivity contribution in [3.8, 4) is 0 Å². The summed E-state index contributed by atoms with van der Waals surface area (Å²) in [5.74, 6) is 2.53. The van der Waals surface area contributed by atoms with E-state index in [0.717, 1.165) is 70.3 Å². The third kappa shape index (κ3) is 4.22. The highest BCUT2D eigenvalue weighted by atomic mass is 16.2. The second-order valence-electron chi connectivity index (χ2n) is 7.86. The van der Waals surface area contributed by atoms with E-state index in [1.165, 1.54) is 6.33 Å². The van der Waals surface area contributed by atoms with Crippen molar-refractivity contribution in [3.05, 3.63) is 24.3 Å². The number of hydrogen-bond acceptors (Lipinski definition) is 7. The van der Waals surface area contributed by atoms with E-state index in [1.54, 1.807) is 11.0 Å². The fraction of sp³-hybridized carbons (Fsp3) is 0.722. The van der Waals surface area contributed by atoms with Crippen molar-refractivity contribution in [2.24, 2.45) is 7.05 Å². The molecular formula is C18H29N9O. The lowest BCUT2D eigenvalue weighted by molar-refractivity contribution is -0.133. The highest BCUT2D eigenvalue weighted by Crippen LogP contribution is 2.27. The van der Waals surface area contributed by atoms with Crippen LogP contribution < -0.4 is 0 Å². The minimum Gasteiger partial charge on any atom is -0.341 e. The summed E-state index contributed by atoms with van der Waals surface area (Å²) in [4.78, 5) is 23.0. The second kappa shape index (κ2) is 8.36. The van der Waals surface area contributed by atoms with E-state index in [1.807, 2.05) is 4.90 Å². The molecule has 0 radical (unpaired) electrons. The fourth-order valence-electron chi connectivity index (χ4n) is 4.01. The van der Waals surface area contributed by atoms with E-state index >= 15 is 0 Å². The molecule has 0 bridgehead atoms. The molecule has 0 aromatic carbocycles. The molecule has 0 N–H and O–H groups in total. The van der Waals surface area contributed by atoms with Gasteiger partial charge in [0.2, 0.25) is 5.91 Å². The second-order valence-corrected chi connectivity index (χ2v) is 7.86. The number of piperidine rings is 1. The van der Waals surface area contributed by atoms with Gasteiger partial charge in [-0.3, -0.25) is 9.69 Å². The normalized spacial score (nSPS) is 20.0. The van der Waals surface area contributed by atoms with Gasteiger partial charge in [0.1, 0.15) is 30.8 Å². The zero-order valence-corrected chi connectivity index (χ0v) is 16.7. The van der Waals surface area contributed by atoms with Gasteiger partial charge in [-0.1, -0.05) is 0 Å². The van der Waals surface area contributed by atoms with Crippen LogP contribution in [-0.2, 0) is 24.9 Å². The number of carbonyl (C=O) groups is 1. The van der Waals surface area contributed by atoms with Gasteiger partial charge in [-0.05, 0) is 19.9 Å². The van der Waals surface area contributed by atoms with Crippen molar-refractivity contribution in [1.29, 1.82) is 0 Å². The van der Waals surface area contributed by atoms with Crippen LogP contribution >= 0.6 is 0 Å². The molecule has 2 aliphatic rings. The predicted molar refractivity (Wildman–Crippen MR) is 102 cm³/mol. The number of likely N-dealkylation sites (N-methyl/N-ethyl adjacent to an activating group) is 1. The topological polar surface area (TPSA) is 88.2 Å². The average molecular weight is 387 g/mol. The maximum absolute atomic E-state index is 12.4. The van der Waals surface area contributed by atoms with E-state index in [0.29, 0.717) is 5.92 Å². The first kappa shape index (κ1) is 19.0. The van der Waals surface area contributed by atoms with E-state index in [4.69, 9.17) is 0 Å². The molecule has 0 aliphatic carbocycles. The summed E-state index contributed by atoms with van der Waals surface area (Å²) in [6.45, 7) is 6.96. The standard InChI is InChI=1S/C18H29N9O/c1-23-7-9-25(10-8-23)11-16-21-22-18(24(16)2)15-3-5-26(6-4-15)17(28)12-27-14-19-13-20-27/h13-15H,3-12H2,1-2H3. The number of nitrogens with zero attached hydrogens (tertiary/aromatic N) is 9. The summed E-state index contributed by atoms with van der Waals surface area (Å²) in [5, 5.41) is 13.0. The average Bonchev–Trinajstić information content (AvgIpc) is 3.34. The lowest BCUT2D eigenvalue weighted by Gasteiger charge is -2.32. The minimum atomic E-state index is 0.0951. The van der Waals surface area contributed by atoms with E-state index in [-0.39, 0.29) is 12.5 Å². The van der Waals surface area contributed by atoms with Crippen LogP contribution in [0.15, 0.2) is 12.7 Å². The SMILES string of the molecule is CN1CCN(Cc2nnc(C3CCN(C(=O)Cn4cncn4)CC3)n2C)CC1. The molecule has 2 saturated heterocycles. The molecule has 28 heavy (non-hydrogen) atoms. The Morgan fingerprint density at radius 1 is 1.07 bits per heavy atom. The summed E-state index contributed by atoms with van der Waals surface area (Å²) in [6, 6.07) is 0. The van der Waals surface area contributed by atoms with Crippen LogP contribution in [0, 0.1) is 0 Å². The monoisotopic (exact) mass is 387 g/mol. The maximum atomic E-state index is 12.4. The first-order valence-corrected chi connectivity index (χ1v) is 9.99. The fourth-order valence-corrected chi connectivity index (χ4v) is 4.01. The third-order valence-corrected chi connectivity index (χ3v) is 5.94. The molecule has 152 valence electrons. The number of amides is 1. The predicted octanol–water partition coefficient (Wildman–Crippen LogP) is -0.440. The Balaban J connectivity index is 1.31. The largest absolute Gasteiger partial charge is 0.341 e. The molecule has 0 saturated carbocycles. The number of aromatic nitrogens is 6. The number of piperazine rings is 1. The molecule has 0 unspecified atom stereocenters. The molecule has 2 aromatic heterocycles. The summed E-state index contributed by atoms with van der Waals surface area (Å²) >= 11 is 0. The molecule has 0 spiro atoms. The van der Waals surface area contributed by atoms with Gasteiger partial charge in [-0.25, -0.2) is 9.67 Å². The molecule has 4 heterocycles. The molecule has 2 aromatic rings.